The summed E-state index contributed by atoms with van der Waals surface area (Å²) in [6, 6.07) is 8.07. The molecule has 0 radical (unpaired) electrons. The zero-order valence-corrected chi connectivity index (χ0v) is 23.7. The number of aryl methyl sites for hydroxylation is 1. The highest BCUT2D eigenvalue weighted by Crippen LogP contribution is 2.70. The Morgan fingerprint density at radius 1 is 1.07 bits per heavy atom. The number of aromatic nitrogens is 3. The standard InChI is InChI=1S/C32H37FN4O4/c1-21-35-27(41-36-21)30-10-7-29(8-11-30,9-12-30)20-37(28(38)31-17-32(33,18-31)19-31)24-4-2-3-23(15-24)25-16-34-26(40-25)22-5-13-39-14-6-22/h2-4,15-16,22H,5-14,17-20H2,1H3. The molecule has 1 saturated heterocycles. The number of rotatable bonds is 7. The van der Waals surface area contributed by atoms with Crippen molar-refractivity contribution in [1.82, 2.24) is 15.1 Å². The first-order valence-electron chi connectivity index (χ1n) is 15.2. The van der Waals surface area contributed by atoms with E-state index in [9.17, 15) is 9.18 Å². The number of benzene rings is 1. The Morgan fingerprint density at radius 3 is 2.46 bits per heavy atom. The summed E-state index contributed by atoms with van der Waals surface area (Å²) in [6.07, 6.45) is 10.7. The number of anilines is 1. The third-order valence-electron chi connectivity index (χ3n) is 11.1. The summed E-state index contributed by atoms with van der Waals surface area (Å²) < 4.78 is 32.0. The number of ether oxygens (including phenoxy) is 1. The molecule has 7 fully saturated rings. The summed E-state index contributed by atoms with van der Waals surface area (Å²) in [6.45, 7) is 3.98. The van der Waals surface area contributed by atoms with Crippen LogP contribution in [-0.2, 0) is 14.9 Å². The highest BCUT2D eigenvalue weighted by molar-refractivity contribution is 6.00. The molecule has 7 aliphatic rings. The first kappa shape index (κ1) is 25.6. The van der Waals surface area contributed by atoms with Gasteiger partial charge in [0.2, 0.25) is 11.8 Å². The van der Waals surface area contributed by atoms with Crippen molar-refractivity contribution in [3.05, 3.63) is 48.1 Å². The van der Waals surface area contributed by atoms with Crippen LogP contribution in [0.5, 0.6) is 0 Å². The smallest absolute Gasteiger partial charge is 0.233 e. The lowest BCUT2D eigenvalue weighted by Gasteiger charge is -2.65. The molecule has 41 heavy (non-hydrogen) atoms. The van der Waals surface area contributed by atoms with Crippen molar-refractivity contribution in [1.29, 1.82) is 0 Å². The molecule has 6 aliphatic carbocycles. The molecule has 3 aromatic rings. The number of oxazole rings is 1. The lowest BCUT2D eigenvalue weighted by atomic mass is 9.41. The van der Waals surface area contributed by atoms with Gasteiger partial charge in [-0.2, -0.15) is 4.98 Å². The number of amides is 1. The van der Waals surface area contributed by atoms with Crippen molar-refractivity contribution in [3.63, 3.8) is 0 Å². The van der Waals surface area contributed by atoms with Crippen LogP contribution in [0.25, 0.3) is 11.3 Å². The fourth-order valence-electron chi connectivity index (χ4n) is 8.51. The van der Waals surface area contributed by atoms with Crippen LogP contribution in [0.2, 0.25) is 0 Å². The van der Waals surface area contributed by atoms with E-state index in [1.54, 1.807) is 6.20 Å². The zero-order valence-electron chi connectivity index (χ0n) is 23.7. The highest BCUT2D eigenvalue weighted by atomic mass is 19.1. The van der Waals surface area contributed by atoms with Crippen molar-refractivity contribution in [2.24, 2.45) is 10.8 Å². The molecular weight excluding hydrogens is 523 g/mol. The molecule has 0 atom stereocenters. The van der Waals surface area contributed by atoms with Gasteiger partial charge in [0.15, 0.2) is 17.5 Å². The first-order valence-corrected chi connectivity index (χ1v) is 15.2. The molecule has 1 amide bonds. The SMILES string of the molecule is Cc1noc(C23CCC(CN(C(=O)C45CC(F)(C4)C5)c4cccc(-c5cnc(C6CCOCC6)o5)c4)(CC2)CC3)n1. The Morgan fingerprint density at radius 2 is 1.80 bits per heavy atom. The van der Waals surface area contributed by atoms with Crippen LogP contribution in [0.15, 0.2) is 39.4 Å². The summed E-state index contributed by atoms with van der Waals surface area (Å²) in [5, 5.41) is 4.06. The molecule has 216 valence electrons. The maximum Gasteiger partial charge on any atom is 0.233 e. The van der Waals surface area contributed by atoms with Gasteiger partial charge in [0.05, 0.1) is 11.6 Å². The predicted octanol–water partition coefficient (Wildman–Crippen LogP) is 6.44. The number of hydrogen-bond acceptors (Lipinski definition) is 7. The number of carbonyl (C=O) groups is 1. The summed E-state index contributed by atoms with van der Waals surface area (Å²) in [7, 11) is 0. The fourth-order valence-corrected chi connectivity index (χ4v) is 8.51. The quantitative estimate of drug-likeness (QED) is 0.328. The van der Waals surface area contributed by atoms with Crippen LogP contribution in [0.1, 0.15) is 94.2 Å². The van der Waals surface area contributed by atoms with E-state index in [2.05, 4.69) is 21.2 Å². The van der Waals surface area contributed by atoms with Crippen LogP contribution in [0, 0.1) is 17.8 Å². The molecule has 8 nitrogen and oxygen atoms in total. The van der Waals surface area contributed by atoms with Gasteiger partial charge in [-0.15, -0.1) is 0 Å². The average molecular weight is 561 g/mol. The predicted molar refractivity (Wildman–Crippen MR) is 148 cm³/mol. The number of carbonyl (C=O) groups excluding carboxylic acids is 1. The van der Waals surface area contributed by atoms with Gasteiger partial charge in [0.1, 0.15) is 5.67 Å². The van der Waals surface area contributed by atoms with Crippen LogP contribution >= 0.6 is 0 Å². The number of halogens is 1. The monoisotopic (exact) mass is 560 g/mol. The van der Waals surface area contributed by atoms with Crippen LogP contribution < -0.4 is 4.90 Å². The Bertz CT molecular complexity index is 1450. The number of nitrogens with zero attached hydrogens (tertiary/aromatic N) is 4. The minimum Gasteiger partial charge on any atom is -0.440 e. The van der Waals surface area contributed by atoms with Crippen molar-refractivity contribution in [3.8, 4) is 11.3 Å². The van der Waals surface area contributed by atoms with Crippen molar-refractivity contribution >= 4 is 11.6 Å². The van der Waals surface area contributed by atoms with E-state index >= 15 is 0 Å². The second kappa shape index (κ2) is 8.96. The first-order chi connectivity index (χ1) is 19.8. The minimum absolute atomic E-state index is 0.0296. The molecule has 1 aliphatic heterocycles. The molecule has 6 saturated carbocycles. The third-order valence-corrected chi connectivity index (χ3v) is 11.1. The second-order valence-electron chi connectivity index (χ2n) is 13.8. The molecule has 2 aromatic heterocycles. The lowest BCUT2D eigenvalue weighted by Crippen LogP contribution is -2.71. The van der Waals surface area contributed by atoms with Crippen molar-refractivity contribution < 1.29 is 22.9 Å². The lowest BCUT2D eigenvalue weighted by molar-refractivity contribution is -0.211. The Hall–Kier alpha value is -3.07. The van der Waals surface area contributed by atoms with Gasteiger partial charge >= 0.3 is 0 Å². The number of alkyl halides is 1. The molecule has 1 aromatic carbocycles. The van der Waals surface area contributed by atoms with Crippen molar-refractivity contribution in [2.75, 3.05) is 24.7 Å². The number of fused-ring (bicyclic) bond motifs is 3. The van der Waals surface area contributed by atoms with E-state index in [4.69, 9.17) is 13.7 Å². The molecule has 0 N–H and O–H groups in total. The number of hydrogen-bond donors (Lipinski definition) is 0. The maximum atomic E-state index is 14.6. The molecule has 0 spiro atoms. The van der Waals surface area contributed by atoms with E-state index in [1.165, 1.54) is 0 Å². The van der Waals surface area contributed by atoms with Crippen LogP contribution in [0.3, 0.4) is 0 Å². The van der Waals surface area contributed by atoms with E-state index < -0.39 is 11.1 Å². The summed E-state index contributed by atoms with van der Waals surface area (Å²) in [5.41, 5.74) is 0.0832. The largest absolute Gasteiger partial charge is 0.440 e. The molecule has 10 rings (SSSR count). The fraction of sp³-hybridized carbons (Fsp3) is 0.625. The maximum absolute atomic E-state index is 14.6. The van der Waals surface area contributed by atoms with Gasteiger partial charge in [-0.3, -0.25) is 4.79 Å². The van der Waals surface area contributed by atoms with Gasteiger partial charge in [-0.25, -0.2) is 9.37 Å². The third kappa shape index (κ3) is 4.09. The minimum atomic E-state index is -1.13. The molecule has 0 unspecified atom stereocenters. The van der Waals surface area contributed by atoms with Gasteiger partial charge in [0, 0.05) is 42.3 Å². The molecule has 4 bridgehead atoms. The molecule has 3 heterocycles. The van der Waals surface area contributed by atoms with Gasteiger partial charge in [-0.1, -0.05) is 17.3 Å². The van der Waals surface area contributed by atoms with Gasteiger partial charge in [0.25, 0.3) is 0 Å². The Kier molecular flexibility index (Phi) is 5.60. The Labute approximate surface area is 239 Å². The van der Waals surface area contributed by atoms with Gasteiger partial charge in [-0.05, 0) is 95.1 Å². The van der Waals surface area contributed by atoms with Crippen LogP contribution in [-0.4, -0.2) is 46.5 Å². The van der Waals surface area contributed by atoms with E-state index in [0.717, 1.165) is 87.6 Å². The summed E-state index contributed by atoms with van der Waals surface area (Å²) in [4.78, 5) is 25.4. The summed E-state index contributed by atoms with van der Waals surface area (Å²) >= 11 is 0. The van der Waals surface area contributed by atoms with E-state index in [0.29, 0.717) is 37.4 Å². The van der Waals surface area contributed by atoms with E-state index in [1.807, 2.05) is 30.0 Å². The Balaban J connectivity index is 1.07. The normalized spacial score (nSPS) is 34.2. The topological polar surface area (TPSA) is 94.5 Å². The van der Waals surface area contributed by atoms with Crippen LogP contribution in [0.4, 0.5) is 10.1 Å². The van der Waals surface area contributed by atoms with E-state index in [-0.39, 0.29) is 22.7 Å². The average Bonchev–Trinajstić information content (AvgIpc) is 3.65. The zero-order chi connectivity index (χ0) is 27.9. The highest BCUT2D eigenvalue weighted by Gasteiger charge is 2.73. The van der Waals surface area contributed by atoms with Gasteiger partial charge < -0.3 is 18.6 Å². The molecular formula is C32H37FN4O4. The molecule has 9 heteroatoms. The second-order valence-corrected chi connectivity index (χ2v) is 13.8. The van der Waals surface area contributed by atoms with Crippen molar-refractivity contribution in [2.45, 2.75) is 94.6 Å². The summed E-state index contributed by atoms with van der Waals surface area (Å²) in [5.74, 6) is 3.28.